The third kappa shape index (κ3) is 2.85. The lowest BCUT2D eigenvalue weighted by Gasteiger charge is -2.32. The zero-order chi connectivity index (χ0) is 20.9. The van der Waals surface area contributed by atoms with Crippen molar-refractivity contribution in [1.82, 2.24) is 34.8 Å². The van der Waals surface area contributed by atoms with E-state index in [0.717, 1.165) is 17.6 Å². The van der Waals surface area contributed by atoms with E-state index in [4.69, 9.17) is 4.42 Å². The highest BCUT2D eigenvalue weighted by Gasteiger charge is 2.36. The Morgan fingerprint density at radius 3 is 2.90 bits per heavy atom. The van der Waals surface area contributed by atoms with Gasteiger partial charge in [0.2, 0.25) is 0 Å². The Morgan fingerprint density at radius 1 is 1.13 bits per heavy atom. The first kappa shape index (κ1) is 17.7. The first-order valence-electron chi connectivity index (χ1n) is 9.55. The third-order valence-electron chi connectivity index (χ3n) is 5.28. The number of aromatic nitrogens is 7. The van der Waals surface area contributed by atoms with Gasteiger partial charge in [-0.1, -0.05) is 5.10 Å². The van der Waals surface area contributed by atoms with Gasteiger partial charge < -0.3 is 14.3 Å². The average molecular weight is 420 g/mol. The topological polar surface area (TPSA) is 101 Å². The van der Waals surface area contributed by atoms with Gasteiger partial charge in [0, 0.05) is 24.9 Å². The number of halogens is 2. The second-order valence-corrected chi connectivity index (χ2v) is 7.12. The van der Waals surface area contributed by atoms with Crippen molar-refractivity contribution < 1.29 is 13.2 Å². The van der Waals surface area contributed by atoms with Crippen molar-refractivity contribution in [2.45, 2.75) is 12.5 Å². The van der Waals surface area contributed by atoms with Gasteiger partial charge in [-0.2, -0.15) is 5.10 Å². The summed E-state index contributed by atoms with van der Waals surface area (Å²) < 4.78 is 34.8. The molecule has 11 heteroatoms. The Hall–Kier alpha value is -4.15. The zero-order valence-electron chi connectivity index (χ0n) is 15.9. The van der Waals surface area contributed by atoms with E-state index in [1.54, 1.807) is 24.7 Å². The van der Waals surface area contributed by atoms with E-state index in [0.29, 0.717) is 29.9 Å². The van der Waals surface area contributed by atoms with Gasteiger partial charge in [0.15, 0.2) is 0 Å². The molecule has 9 nitrogen and oxygen atoms in total. The van der Waals surface area contributed by atoms with Crippen molar-refractivity contribution in [3.63, 3.8) is 0 Å². The van der Waals surface area contributed by atoms with E-state index in [9.17, 15) is 8.78 Å². The van der Waals surface area contributed by atoms with Crippen LogP contribution in [0.25, 0.3) is 17.1 Å². The van der Waals surface area contributed by atoms with Crippen molar-refractivity contribution >= 4 is 11.5 Å². The van der Waals surface area contributed by atoms with Crippen LogP contribution >= 0.6 is 0 Å². The number of fused-ring (bicyclic) bond motifs is 2. The second-order valence-electron chi connectivity index (χ2n) is 7.12. The molecule has 0 saturated carbocycles. The number of pyridine rings is 2. The van der Waals surface area contributed by atoms with E-state index in [-0.39, 0.29) is 17.7 Å². The summed E-state index contributed by atoms with van der Waals surface area (Å²) >= 11 is 0. The number of nitrogens with one attached hydrogen (secondary N) is 1. The molecule has 0 unspecified atom stereocenters. The first-order chi connectivity index (χ1) is 15.2. The highest BCUT2D eigenvalue weighted by atomic mass is 19.1. The van der Waals surface area contributed by atoms with Crippen LogP contribution in [-0.4, -0.2) is 41.3 Å². The molecule has 0 saturated heterocycles. The Morgan fingerprint density at radius 2 is 2.06 bits per heavy atom. The fourth-order valence-electron chi connectivity index (χ4n) is 3.85. The van der Waals surface area contributed by atoms with Crippen molar-refractivity contribution in [2.24, 2.45) is 0 Å². The third-order valence-corrected chi connectivity index (χ3v) is 5.28. The fraction of sp³-hybridized carbons (Fsp3) is 0.150. The molecule has 0 radical (unpaired) electrons. The summed E-state index contributed by atoms with van der Waals surface area (Å²) in [4.78, 5) is 13.5. The number of hydrogen-bond donors (Lipinski definition) is 1. The monoisotopic (exact) mass is 420 g/mol. The molecule has 1 aliphatic rings. The smallest absolute Gasteiger partial charge is 0.319 e. The molecule has 154 valence electrons. The van der Waals surface area contributed by atoms with Crippen molar-refractivity contribution in [3.8, 4) is 11.6 Å². The van der Waals surface area contributed by atoms with Crippen LogP contribution in [0.3, 0.4) is 0 Å². The number of hydrogen-bond acceptors (Lipinski definition) is 7. The van der Waals surface area contributed by atoms with Gasteiger partial charge in [0.1, 0.15) is 28.9 Å². The molecule has 1 atom stereocenters. The van der Waals surface area contributed by atoms with Gasteiger partial charge >= 0.3 is 6.01 Å². The lowest BCUT2D eigenvalue weighted by Crippen LogP contribution is -2.36. The number of rotatable bonds is 3. The van der Waals surface area contributed by atoms with Crippen molar-refractivity contribution in [2.75, 3.05) is 11.4 Å². The molecule has 0 bridgehead atoms. The molecule has 6 heterocycles. The molecule has 1 N–H and O–H groups in total. The molecule has 0 amide bonds. The summed E-state index contributed by atoms with van der Waals surface area (Å²) in [6.45, 7) is 0.550. The minimum absolute atomic E-state index is 0.169. The molecular formula is C20H14F2N8O. The lowest BCUT2D eigenvalue weighted by atomic mass is 10.0. The lowest BCUT2D eigenvalue weighted by molar-refractivity contribution is 0.502. The van der Waals surface area contributed by atoms with E-state index in [1.165, 1.54) is 22.7 Å². The molecule has 0 fully saturated rings. The first-order valence-corrected chi connectivity index (χ1v) is 9.55. The molecule has 1 aliphatic heterocycles. The van der Waals surface area contributed by atoms with Crippen LogP contribution in [0.4, 0.5) is 14.8 Å². The molecular weight excluding hydrogens is 406 g/mol. The number of anilines is 1. The van der Waals surface area contributed by atoms with Crippen LogP contribution in [0.1, 0.15) is 23.1 Å². The van der Waals surface area contributed by atoms with Crippen LogP contribution in [0.5, 0.6) is 0 Å². The predicted octanol–water partition coefficient (Wildman–Crippen LogP) is 2.93. The largest absolute Gasteiger partial charge is 0.402 e. The maximum absolute atomic E-state index is 14.3. The SMILES string of the molecule is Fc1ccc(-c2nnc(N3CCc4[nH]cnc4[C@H]3c3cc4c(F)cccn4n3)o2)nc1. The van der Waals surface area contributed by atoms with Gasteiger partial charge in [-0.25, -0.2) is 23.3 Å². The zero-order valence-corrected chi connectivity index (χ0v) is 15.9. The predicted molar refractivity (Wildman–Crippen MR) is 104 cm³/mol. The molecule has 5 aromatic rings. The van der Waals surface area contributed by atoms with Crippen LogP contribution in [0.15, 0.2) is 53.5 Å². The van der Waals surface area contributed by atoms with Crippen molar-refractivity contribution in [1.29, 1.82) is 0 Å². The Bertz CT molecular complexity index is 1390. The Labute approximate surface area is 173 Å². The quantitative estimate of drug-likeness (QED) is 0.479. The minimum Gasteiger partial charge on any atom is -0.402 e. The van der Waals surface area contributed by atoms with E-state index in [1.807, 2.05) is 4.90 Å². The van der Waals surface area contributed by atoms with Gasteiger partial charge in [-0.15, -0.1) is 5.10 Å². The molecule has 0 aliphatic carbocycles. The molecule has 5 aromatic heterocycles. The van der Waals surface area contributed by atoms with Gasteiger partial charge in [-0.3, -0.25) is 0 Å². The summed E-state index contributed by atoms with van der Waals surface area (Å²) in [5.74, 6) is -0.652. The number of H-pyrrole nitrogens is 1. The van der Waals surface area contributed by atoms with Crippen molar-refractivity contribution in [3.05, 3.63) is 77.8 Å². The van der Waals surface area contributed by atoms with E-state index < -0.39 is 11.9 Å². The fourth-order valence-corrected chi connectivity index (χ4v) is 3.85. The van der Waals surface area contributed by atoms with Crippen LogP contribution < -0.4 is 4.90 Å². The summed E-state index contributed by atoms with van der Waals surface area (Å²) in [5, 5.41) is 12.8. The highest BCUT2D eigenvalue weighted by Crippen LogP contribution is 2.37. The Kier molecular flexibility index (Phi) is 3.82. The average Bonchev–Trinajstić information content (AvgIpc) is 3.52. The number of aromatic amines is 1. The number of imidazole rings is 1. The standard InChI is InChI=1S/C20H14F2N8O/c21-11-3-4-14(23-9-11)19-26-27-20(31-19)29-7-5-13-17(25-10-24-13)18(29)15-8-16-12(22)2-1-6-30(16)28-15/h1-4,6,8-10,18H,5,7H2,(H,24,25)/t18-/m1/s1. The summed E-state index contributed by atoms with van der Waals surface area (Å²) in [6, 6.07) is 7.21. The van der Waals surface area contributed by atoms with Crippen LogP contribution in [-0.2, 0) is 6.42 Å². The van der Waals surface area contributed by atoms with Crippen LogP contribution in [0.2, 0.25) is 0 Å². The summed E-state index contributed by atoms with van der Waals surface area (Å²) in [6.07, 6.45) is 5.08. The maximum Gasteiger partial charge on any atom is 0.319 e. The van der Waals surface area contributed by atoms with Gasteiger partial charge in [0.25, 0.3) is 5.89 Å². The molecule has 31 heavy (non-hydrogen) atoms. The normalized spacial score (nSPS) is 16.1. The van der Waals surface area contributed by atoms with Gasteiger partial charge in [-0.05, 0) is 30.3 Å². The molecule has 0 spiro atoms. The summed E-state index contributed by atoms with van der Waals surface area (Å²) in [7, 11) is 0. The van der Waals surface area contributed by atoms with E-state index >= 15 is 0 Å². The number of nitrogens with zero attached hydrogens (tertiary/aromatic N) is 7. The Balaban J connectivity index is 1.44. The second kappa shape index (κ2) is 6.69. The van der Waals surface area contributed by atoms with Crippen LogP contribution in [0, 0.1) is 11.6 Å². The highest BCUT2D eigenvalue weighted by molar-refractivity contribution is 5.54. The molecule has 0 aromatic carbocycles. The minimum atomic E-state index is -0.455. The van der Waals surface area contributed by atoms with Gasteiger partial charge in [0.05, 0.1) is 23.9 Å². The van der Waals surface area contributed by atoms with E-state index in [2.05, 4.69) is 30.2 Å². The maximum atomic E-state index is 14.3. The summed E-state index contributed by atoms with van der Waals surface area (Å²) in [5.41, 5.74) is 3.05. The molecule has 6 rings (SSSR count).